The van der Waals surface area contributed by atoms with Gasteiger partial charge < -0.3 is 4.74 Å². The first-order valence-electron chi connectivity index (χ1n) is 8.53. The van der Waals surface area contributed by atoms with Crippen molar-refractivity contribution in [2.45, 2.75) is 13.3 Å². The van der Waals surface area contributed by atoms with Crippen LogP contribution in [0.15, 0.2) is 84.9 Å². The van der Waals surface area contributed by atoms with Crippen LogP contribution in [-0.2, 0) is 0 Å². The molecule has 25 heavy (non-hydrogen) atoms. The Morgan fingerprint density at radius 3 is 1.80 bits per heavy atom. The first-order chi connectivity index (χ1) is 12.3. The fourth-order valence-electron chi connectivity index (χ4n) is 2.69. The summed E-state index contributed by atoms with van der Waals surface area (Å²) in [6.45, 7) is 2.83. The Kier molecular flexibility index (Phi) is 5.92. The Labute approximate surface area is 154 Å². The smallest absolute Gasteiger partial charge is 0.119 e. The molecule has 0 atom stereocenters. The predicted molar refractivity (Wildman–Crippen MR) is 107 cm³/mol. The minimum atomic E-state index is 0.728. The van der Waals surface area contributed by atoms with Crippen molar-refractivity contribution < 1.29 is 4.74 Å². The van der Waals surface area contributed by atoms with Crippen LogP contribution in [0.2, 0.25) is 0 Å². The highest BCUT2D eigenvalue weighted by molar-refractivity contribution is 6.53. The topological polar surface area (TPSA) is 9.23 Å². The summed E-state index contributed by atoms with van der Waals surface area (Å²) in [6.07, 6.45) is 0.997. The molecular weight excluding hydrogens is 328 g/mol. The Morgan fingerprint density at radius 1 is 0.720 bits per heavy atom. The second kappa shape index (κ2) is 8.55. The molecule has 0 N–H and O–H groups in total. The molecule has 0 aliphatic rings. The highest BCUT2D eigenvalue weighted by Gasteiger charge is 2.12. The summed E-state index contributed by atoms with van der Waals surface area (Å²) < 4.78 is 5.69. The lowest BCUT2D eigenvalue weighted by molar-refractivity contribution is 0.317. The highest BCUT2D eigenvalue weighted by atomic mass is 35.5. The van der Waals surface area contributed by atoms with E-state index in [-0.39, 0.29) is 0 Å². The second-order valence-electron chi connectivity index (χ2n) is 5.79. The molecule has 3 aromatic rings. The molecule has 0 aromatic heterocycles. The Balaban J connectivity index is 2.06. The maximum absolute atomic E-state index is 6.81. The molecule has 3 rings (SSSR count). The fourth-order valence-corrected chi connectivity index (χ4v) is 3.04. The van der Waals surface area contributed by atoms with Crippen molar-refractivity contribution in [1.29, 1.82) is 0 Å². The van der Waals surface area contributed by atoms with Gasteiger partial charge in [0, 0.05) is 5.57 Å². The number of hydrogen-bond acceptors (Lipinski definition) is 1. The second-order valence-corrected chi connectivity index (χ2v) is 6.17. The molecule has 0 spiro atoms. The van der Waals surface area contributed by atoms with E-state index in [9.17, 15) is 0 Å². The van der Waals surface area contributed by atoms with Gasteiger partial charge in [-0.15, -0.1) is 0 Å². The molecule has 0 bridgehead atoms. The third-order valence-electron chi connectivity index (χ3n) is 3.93. The molecule has 3 aromatic carbocycles. The van der Waals surface area contributed by atoms with Gasteiger partial charge in [0.1, 0.15) is 5.75 Å². The van der Waals surface area contributed by atoms with Gasteiger partial charge in [0.05, 0.1) is 11.6 Å². The minimum absolute atomic E-state index is 0.728. The van der Waals surface area contributed by atoms with Crippen LogP contribution >= 0.6 is 11.6 Å². The van der Waals surface area contributed by atoms with Gasteiger partial charge in [-0.1, -0.05) is 91.3 Å². The minimum Gasteiger partial charge on any atom is -0.494 e. The number of halogens is 1. The quantitative estimate of drug-likeness (QED) is 0.454. The van der Waals surface area contributed by atoms with Gasteiger partial charge in [-0.3, -0.25) is 0 Å². The molecular formula is C23H21ClO. The van der Waals surface area contributed by atoms with Gasteiger partial charge in [-0.2, -0.15) is 0 Å². The van der Waals surface area contributed by atoms with Crippen LogP contribution in [0, 0.1) is 0 Å². The van der Waals surface area contributed by atoms with E-state index in [4.69, 9.17) is 16.3 Å². The molecule has 1 nitrogen and oxygen atoms in total. The van der Waals surface area contributed by atoms with E-state index >= 15 is 0 Å². The molecule has 126 valence electrons. The average Bonchev–Trinajstić information content (AvgIpc) is 2.69. The molecule has 0 fully saturated rings. The van der Waals surface area contributed by atoms with Crippen LogP contribution in [-0.4, -0.2) is 6.61 Å². The van der Waals surface area contributed by atoms with Crippen LogP contribution in [0.3, 0.4) is 0 Å². The van der Waals surface area contributed by atoms with Gasteiger partial charge in [-0.05, 0) is 35.2 Å². The third kappa shape index (κ3) is 4.32. The van der Waals surface area contributed by atoms with Crippen molar-refractivity contribution in [3.8, 4) is 5.75 Å². The first kappa shape index (κ1) is 17.3. The summed E-state index contributed by atoms with van der Waals surface area (Å²) in [5, 5.41) is 0.744. The van der Waals surface area contributed by atoms with Crippen LogP contribution < -0.4 is 4.74 Å². The zero-order valence-electron chi connectivity index (χ0n) is 14.3. The average molecular weight is 349 g/mol. The summed E-state index contributed by atoms with van der Waals surface area (Å²) in [6, 6.07) is 28.5. The van der Waals surface area contributed by atoms with E-state index in [1.165, 1.54) is 0 Å². The van der Waals surface area contributed by atoms with E-state index in [1.54, 1.807) is 0 Å². The van der Waals surface area contributed by atoms with Crippen molar-refractivity contribution in [1.82, 2.24) is 0 Å². The predicted octanol–water partition coefficient (Wildman–Crippen LogP) is 6.63. The summed E-state index contributed by atoms with van der Waals surface area (Å²) in [5.41, 5.74) is 4.20. The van der Waals surface area contributed by atoms with E-state index in [0.29, 0.717) is 0 Å². The van der Waals surface area contributed by atoms with Crippen LogP contribution in [0.25, 0.3) is 10.6 Å². The van der Waals surface area contributed by atoms with Crippen molar-refractivity contribution in [3.63, 3.8) is 0 Å². The Bertz CT molecular complexity index is 821. The standard InChI is InChI=1S/C23H21ClO/c1-2-17-25-21-15-13-19(14-16-21)22(18-9-5-3-6-10-18)23(24)20-11-7-4-8-12-20/h3-16H,2,17H2,1H3/b23-22-. The van der Waals surface area contributed by atoms with Gasteiger partial charge in [0.15, 0.2) is 0 Å². The number of rotatable bonds is 6. The fraction of sp³-hybridized carbons (Fsp3) is 0.130. The van der Waals surface area contributed by atoms with E-state index in [2.05, 4.69) is 31.2 Å². The molecule has 0 aliphatic heterocycles. The summed E-state index contributed by atoms with van der Waals surface area (Å²) in [4.78, 5) is 0. The number of benzene rings is 3. The molecule has 0 unspecified atom stereocenters. The number of ether oxygens (including phenoxy) is 1. The summed E-state index contributed by atoms with van der Waals surface area (Å²) in [7, 11) is 0. The van der Waals surface area contributed by atoms with Gasteiger partial charge in [0.25, 0.3) is 0 Å². The van der Waals surface area contributed by atoms with Crippen LogP contribution in [0.5, 0.6) is 5.75 Å². The molecule has 0 aliphatic carbocycles. The molecule has 0 saturated carbocycles. The normalized spacial score (nSPS) is 11.8. The monoisotopic (exact) mass is 348 g/mol. The third-order valence-corrected chi connectivity index (χ3v) is 4.33. The zero-order valence-corrected chi connectivity index (χ0v) is 15.0. The maximum Gasteiger partial charge on any atom is 0.119 e. The highest BCUT2D eigenvalue weighted by Crippen LogP contribution is 2.35. The van der Waals surface area contributed by atoms with E-state index in [1.807, 2.05) is 60.7 Å². The summed E-state index contributed by atoms with van der Waals surface area (Å²) >= 11 is 6.81. The van der Waals surface area contributed by atoms with Gasteiger partial charge in [-0.25, -0.2) is 0 Å². The Morgan fingerprint density at radius 2 is 1.24 bits per heavy atom. The van der Waals surface area contributed by atoms with Crippen molar-refractivity contribution >= 4 is 22.2 Å². The summed E-state index contributed by atoms with van der Waals surface area (Å²) in [5.74, 6) is 0.883. The van der Waals surface area contributed by atoms with Crippen LogP contribution in [0.1, 0.15) is 30.0 Å². The first-order valence-corrected chi connectivity index (χ1v) is 8.91. The molecule has 0 amide bonds. The maximum atomic E-state index is 6.81. The van der Waals surface area contributed by atoms with Gasteiger partial charge >= 0.3 is 0 Å². The molecule has 0 heterocycles. The largest absolute Gasteiger partial charge is 0.494 e. The van der Waals surface area contributed by atoms with Crippen LogP contribution in [0.4, 0.5) is 0 Å². The van der Waals surface area contributed by atoms with E-state index < -0.39 is 0 Å². The van der Waals surface area contributed by atoms with Gasteiger partial charge in [0.2, 0.25) is 0 Å². The lowest BCUT2D eigenvalue weighted by Crippen LogP contribution is -1.96. The molecule has 0 saturated heterocycles. The zero-order chi connectivity index (χ0) is 17.5. The lowest BCUT2D eigenvalue weighted by atomic mass is 9.95. The molecule has 2 heteroatoms. The molecule has 0 radical (unpaired) electrons. The SMILES string of the molecule is CCCOc1ccc(/C(=C(\Cl)c2ccccc2)c2ccccc2)cc1. The van der Waals surface area contributed by atoms with E-state index in [0.717, 1.165) is 46.1 Å². The Hall–Kier alpha value is -2.51. The van der Waals surface area contributed by atoms with Crippen molar-refractivity contribution in [2.75, 3.05) is 6.61 Å². The van der Waals surface area contributed by atoms with Crippen molar-refractivity contribution in [3.05, 3.63) is 102 Å². The number of hydrogen-bond donors (Lipinski definition) is 0. The van der Waals surface area contributed by atoms with Crippen molar-refractivity contribution in [2.24, 2.45) is 0 Å². The lowest BCUT2D eigenvalue weighted by Gasteiger charge is -2.13.